The van der Waals surface area contributed by atoms with E-state index >= 15 is 0 Å². The quantitative estimate of drug-likeness (QED) is 0.820. The lowest BCUT2D eigenvalue weighted by Gasteiger charge is -2.08. The van der Waals surface area contributed by atoms with Crippen LogP contribution in [0.3, 0.4) is 0 Å². The standard InChI is InChI=1S/C12H12BrN3S2/c13-11-5-8(1-2-10(11)12(14)17)15-4-3-9-6-18-7-16-9/h1-2,5-7,15H,3-4H2,(H2,14,17). The number of nitrogens with zero attached hydrogens (tertiary/aromatic N) is 1. The molecule has 0 aliphatic heterocycles. The second-order valence-corrected chi connectivity index (χ2v) is 5.73. The third kappa shape index (κ3) is 3.51. The molecule has 2 rings (SSSR count). The summed E-state index contributed by atoms with van der Waals surface area (Å²) in [5.74, 6) is 0. The van der Waals surface area contributed by atoms with Crippen molar-refractivity contribution < 1.29 is 0 Å². The van der Waals surface area contributed by atoms with E-state index in [1.54, 1.807) is 11.3 Å². The predicted octanol–water partition coefficient (Wildman–Crippen LogP) is 3.19. The maximum Gasteiger partial charge on any atom is 0.105 e. The van der Waals surface area contributed by atoms with Gasteiger partial charge in [-0.15, -0.1) is 11.3 Å². The van der Waals surface area contributed by atoms with E-state index in [1.165, 1.54) is 0 Å². The van der Waals surface area contributed by atoms with Gasteiger partial charge in [0.05, 0.1) is 11.2 Å². The highest BCUT2D eigenvalue weighted by molar-refractivity contribution is 9.10. The summed E-state index contributed by atoms with van der Waals surface area (Å²) < 4.78 is 0.911. The van der Waals surface area contributed by atoms with E-state index in [9.17, 15) is 0 Å². The smallest absolute Gasteiger partial charge is 0.105 e. The van der Waals surface area contributed by atoms with Gasteiger partial charge in [-0.2, -0.15) is 0 Å². The zero-order valence-corrected chi connectivity index (χ0v) is 12.7. The maximum absolute atomic E-state index is 5.60. The average molecular weight is 342 g/mol. The Bertz CT molecular complexity index is 540. The molecule has 94 valence electrons. The molecule has 1 aromatic heterocycles. The molecule has 2 aromatic rings. The number of nitrogens with two attached hydrogens (primary N) is 1. The number of halogens is 1. The summed E-state index contributed by atoms with van der Waals surface area (Å²) in [6.07, 6.45) is 0.915. The maximum atomic E-state index is 5.60. The van der Waals surface area contributed by atoms with Crippen LogP contribution in [-0.4, -0.2) is 16.5 Å². The molecule has 1 aromatic carbocycles. The first-order chi connectivity index (χ1) is 8.66. The zero-order chi connectivity index (χ0) is 13.0. The van der Waals surface area contributed by atoms with E-state index in [0.717, 1.165) is 34.4 Å². The molecule has 1 heterocycles. The molecule has 0 aliphatic rings. The summed E-state index contributed by atoms with van der Waals surface area (Å²) in [6, 6.07) is 5.87. The lowest BCUT2D eigenvalue weighted by atomic mass is 10.2. The zero-order valence-electron chi connectivity index (χ0n) is 9.52. The number of aromatic nitrogens is 1. The van der Waals surface area contributed by atoms with E-state index in [4.69, 9.17) is 18.0 Å². The second kappa shape index (κ2) is 6.26. The van der Waals surface area contributed by atoms with Gasteiger partial charge < -0.3 is 11.1 Å². The minimum atomic E-state index is 0.399. The number of anilines is 1. The van der Waals surface area contributed by atoms with Crippen molar-refractivity contribution in [1.29, 1.82) is 0 Å². The van der Waals surface area contributed by atoms with Gasteiger partial charge in [0.2, 0.25) is 0 Å². The van der Waals surface area contributed by atoms with Crippen molar-refractivity contribution in [3.8, 4) is 0 Å². The number of thiazole rings is 1. The molecule has 6 heteroatoms. The highest BCUT2D eigenvalue weighted by atomic mass is 79.9. The highest BCUT2D eigenvalue weighted by Crippen LogP contribution is 2.21. The Morgan fingerprint density at radius 1 is 1.50 bits per heavy atom. The van der Waals surface area contributed by atoms with Crippen LogP contribution in [0.5, 0.6) is 0 Å². The Hall–Kier alpha value is -0.980. The Balaban J connectivity index is 1.94. The molecule has 0 unspecified atom stereocenters. The van der Waals surface area contributed by atoms with E-state index in [-0.39, 0.29) is 0 Å². The van der Waals surface area contributed by atoms with Crippen molar-refractivity contribution in [3.05, 3.63) is 44.8 Å². The van der Waals surface area contributed by atoms with Gasteiger partial charge in [-0.05, 0) is 34.1 Å². The molecular weight excluding hydrogens is 330 g/mol. The summed E-state index contributed by atoms with van der Waals surface area (Å²) in [5, 5.41) is 5.40. The first-order valence-electron chi connectivity index (χ1n) is 5.37. The van der Waals surface area contributed by atoms with E-state index < -0.39 is 0 Å². The molecule has 3 nitrogen and oxygen atoms in total. The van der Waals surface area contributed by atoms with Gasteiger partial charge in [0.25, 0.3) is 0 Å². The summed E-state index contributed by atoms with van der Waals surface area (Å²) in [5.41, 5.74) is 10.5. The number of hydrogen-bond acceptors (Lipinski definition) is 4. The van der Waals surface area contributed by atoms with Gasteiger partial charge >= 0.3 is 0 Å². The molecule has 0 saturated heterocycles. The molecule has 0 fully saturated rings. The van der Waals surface area contributed by atoms with Gasteiger partial charge in [0, 0.05) is 34.1 Å². The van der Waals surface area contributed by atoms with Crippen LogP contribution < -0.4 is 11.1 Å². The van der Waals surface area contributed by atoms with Crippen LogP contribution >= 0.6 is 39.5 Å². The Kier molecular flexibility index (Phi) is 4.68. The summed E-state index contributed by atoms with van der Waals surface area (Å²) >= 11 is 10.0. The van der Waals surface area contributed by atoms with E-state index in [0.29, 0.717) is 4.99 Å². The van der Waals surface area contributed by atoms with Crippen LogP contribution in [0.1, 0.15) is 11.3 Å². The highest BCUT2D eigenvalue weighted by Gasteiger charge is 2.03. The van der Waals surface area contributed by atoms with Crippen LogP contribution in [0.4, 0.5) is 5.69 Å². The van der Waals surface area contributed by atoms with Crippen molar-refractivity contribution in [2.75, 3.05) is 11.9 Å². The fourth-order valence-corrected chi connectivity index (χ4v) is 3.02. The van der Waals surface area contributed by atoms with Crippen molar-refractivity contribution in [2.24, 2.45) is 5.73 Å². The normalized spacial score (nSPS) is 10.3. The van der Waals surface area contributed by atoms with Crippen molar-refractivity contribution >= 4 is 50.2 Å². The Morgan fingerprint density at radius 3 is 2.94 bits per heavy atom. The molecular formula is C12H12BrN3S2. The average Bonchev–Trinajstić information content (AvgIpc) is 2.81. The van der Waals surface area contributed by atoms with Gasteiger partial charge in [-0.1, -0.05) is 12.2 Å². The number of hydrogen-bond donors (Lipinski definition) is 2. The summed E-state index contributed by atoms with van der Waals surface area (Å²) in [6.45, 7) is 0.850. The van der Waals surface area contributed by atoms with Crippen LogP contribution in [0.15, 0.2) is 33.6 Å². The van der Waals surface area contributed by atoms with Crippen LogP contribution in [-0.2, 0) is 6.42 Å². The molecule has 0 atom stereocenters. The van der Waals surface area contributed by atoms with Gasteiger partial charge in [-0.3, -0.25) is 0 Å². The Labute approximate surface area is 124 Å². The van der Waals surface area contributed by atoms with Crippen LogP contribution in [0.25, 0.3) is 0 Å². The second-order valence-electron chi connectivity index (χ2n) is 3.72. The monoisotopic (exact) mass is 341 g/mol. The van der Waals surface area contributed by atoms with E-state index in [1.807, 2.05) is 23.7 Å². The minimum absolute atomic E-state index is 0.399. The fraction of sp³-hybridized carbons (Fsp3) is 0.167. The van der Waals surface area contributed by atoms with Crippen LogP contribution in [0, 0.1) is 0 Å². The van der Waals surface area contributed by atoms with Crippen molar-refractivity contribution in [1.82, 2.24) is 4.98 Å². The SMILES string of the molecule is NC(=S)c1ccc(NCCc2cscn2)cc1Br. The predicted molar refractivity (Wildman–Crippen MR) is 84.3 cm³/mol. The van der Waals surface area contributed by atoms with Gasteiger partial charge in [0.1, 0.15) is 4.99 Å². The van der Waals surface area contributed by atoms with Crippen molar-refractivity contribution in [2.45, 2.75) is 6.42 Å². The molecule has 0 aliphatic carbocycles. The number of benzene rings is 1. The first kappa shape index (κ1) is 13.5. The number of nitrogens with one attached hydrogen (secondary N) is 1. The van der Waals surface area contributed by atoms with E-state index in [2.05, 4.69) is 31.6 Å². The molecule has 0 amide bonds. The topological polar surface area (TPSA) is 50.9 Å². The number of rotatable bonds is 5. The third-order valence-electron chi connectivity index (χ3n) is 2.43. The van der Waals surface area contributed by atoms with Gasteiger partial charge in [-0.25, -0.2) is 4.98 Å². The summed E-state index contributed by atoms with van der Waals surface area (Å²) in [7, 11) is 0. The Morgan fingerprint density at radius 2 is 2.33 bits per heavy atom. The molecule has 0 radical (unpaired) electrons. The lowest BCUT2D eigenvalue weighted by Crippen LogP contribution is -2.11. The number of thiocarbonyl (C=S) groups is 1. The van der Waals surface area contributed by atoms with Crippen LogP contribution in [0.2, 0.25) is 0 Å². The third-order valence-corrected chi connectivity index (χ3v) is 3.94. The molecule has 0 spiro atoms. The fourth-order valence-electron chi connectivity index (χ4n) is 1.52. The molecule has 0 bridgehead atoms. The van der Waals surface area contributed by atoms with Crippen molar-refractivity contribution in [3.63, 3.8) is 0 Å². The molecule has 3 N–H and O–H groups in total. The summed E-state index contributed by atoms with van der Waals surface area (Å²) in [4.78, 5) is 4.64. The molecule has 18 heavy (non-hydrogen) atoms. The largest absolute Gasteiger partial charge is 0.389 e. The minimum Gasteiger partial charge on any atom is -0.389 e. The molecule has 0 saturated carbocycles. The first-order valence-corrected chi connectivity index (χ1v) is 7.51. The van der Waals surface area contributed by atoms with Gasteiger partial charge in [0.15, 0.2) is 0 Å². The lowest BCUT2D eigenvalue weighted by molar-refractivity contribution is 0.977.